The summed E-state index contributed by atoms with van der Waals surface area (Å²) in [5.41, 5.74) is 2.45. The number of halogens is 1. The third-order valence-corrected chi connectivity index (χ3v) is 6.72. The Balaban J connectivity index is 1.79. The summed E-state index contributed by atoms with van der Waals surface area (Å²) in [6.07, 6.45) is 0.635. The van der Waals surface area contributed by atoms with Crippen molar-refractivity contribution in [2.45, 2.75) is 39.8 Å². The molecule has 0 bridgehead atoms. The van der Waals surface area contributed by atoms with Gasteiger partial charge in [0.05, 0.1) is 18.5 Å². The van der Waals surface area contributed by atoms with Crippen molar-refractivity contribution in [2.75, 3.05) is 19.0 Å². The Morgan fingerprint density at radius 3 is 2.77 bits per heavy atom. The van der Waals surface area contributed by atoms with Gasteiger partial charge in [0.15, 0.2) is 0 Å². The Labute approximate surface area is 183 Å². The van der Waals surface area contributed by atoms with Gasteiger partial charge in [0.1, 0.15) is 27.2 Å². The zero-order valence-corrected chi connectivity index (χ0v) is 18.6. The normalized spacial score (nSPS) is 16.0. The third-order valence-electron chi connectivity index (χ3n) is 5.56. The van der Waals surface area contributed by atoms with Crippen molar-refractivity contribution in [3.05, 3.63) is 51.4 Å². The predicted molar refractivity (Wildman–Crippen MR) is 117 cm³/mol. The van der Waals surface area contributed by atoms with Gasteiger partial charge in [-0.2, -0.15) is 0 Å². The topological polar surface area (TPSA) is 84.4 Å². The number of fused-ring (bicyclic) bond motifs is 2. The maximum atomic E-state index is 13.9. The average molecular weight is 443 g/mol. The van der Waals surface area contributed by atoms with Crippen LogP contribution in [-0.4, -0.2) is 40.4 Å². The van der Waals surface area contributed by atoms with E-state index in [1.807, 2.05) is 6.92 Å². The molecule has 31 heavy (non-hydrogen) atoms. The number of ether oxygens (including phenoxy) is 1. The van der Waals surface area contributed by atoms with Crippen LogP contribution in [0.25, 0.3) is 10.2 Å². The molecule has 0 spiro atoms. The van der Waals surface area contributed by atoms with Gasteiger partial charge in [-0.1, -0.05) is 6.07 Å². The molecule has 1 atom stereocenters. The molecule has 0 saturated carbocycles. The van der Waals surface area contributed by atoms with Crippen LogP contribution in [0.3, 0.4) is 0 Å². The Bertz CT molecular complexity index is 1190. The number of anilines is 1. The second kappa shape index (κ2) is 8.22. The molecule has 3 aromatic rings. The van der Waals surface area contributed by atoms with E-state index in [4.69, 9.17) is 4.74 Å². The number of thiophene rings is 1. The van der Waals surface area contributed by atoms with E-state index < -0.39 is 5.97 Å². The average Bonchev–Trinajstić information content (AvgIpc) is 2.94. The molecule has 1 aliphatic heterocycles. The fourth-order valence-electron chi connectivity index (χ4n) is 4.00. The molecule has 1 N–H and O–H groups in total. The van der Waals surface area contributed by atoms with E-state index >= 15 is 0 Å². The lowest BCUT2D eigenvalue weighted by molar-refractivity contribution is -0.129. The molecule has 1 aromatic carbocycles. The van der Waals surface area contributed by atoms with Gasteiger partial charge in [-0.05, 0) is 49.1 Å². The predicted octanol–water partition coefficient (Wildman–Crippen LogP) is 4.14. The highest BCUT2D eigenvalue weighted by molar-refractivity contribution is 7.20. The van der Waals surface area contributed by atoms with E-state index in [2.05, 4.69) is 15.3 Å². The minimum Gasteiger partial charge on any atom is -0.465 e. The van der Waals surface area contributed by atoms with Crippen LogP contribution in [0.4, 0.5) is 10.2 Å². The summed E-state index contributed by atoms with van der Waals surface area (Å²) in [5.74, 6) is 0.400. The number of benzene rings is 1. The smallest absolute Gasteiger partial charge is 0.348 e. The number of aryl methyl sites for hydroxylation is 2. The van der Waals surface area contributed by atoms with Crippen LogP contribution < -0.4 is 5.32 Å². The highest BCUT2D eigenvalue weighted by atomic mass is 32.1. The summed E-state index contributed by atoms with van der Waals surface area (Å²) >= 11 is 1.27. The monoisotopic (exact) mass is 442 g/mol. The molecule has 3 heterocycles. The molecule has 7 nitrogen and oxygen atoms in total. The van der Waals surface area contributed by atoms with Gasteiger partial charge in [0.2, 0.25) is 5.91 Å². The number of hydrogen-bond acceptors (Lipinski definition) is 7. The van der Waals surface area contributed by atoms with Crippen molar-refractivity contribution in [1.82, 2.24) is 14.9 Å². The van der Waals surface area contributed by atoms with Crippen molar-refractivity contribution in [2.24, 2.45) is 0 Å². The summed E-state index contributed by atoms with van der Waals surface area (Å²) in [4.78, 5) is 36.2. The van der Waals surface area contributed by atoms with E-state index in [0.717, 1.165) is 22.1 Å². The summed E-state index contributed by atoms with van der Waals surface area (Å²) in [7, 11) is 1.35. The van der Waals surface area contributed by atoms with Crippen LogP contribution in [0.15, 0.2) is 18.2 Å². The van der Waals surface area contributed by atoms with Crippen molar-refractivity contribution in [1.29, 1.82) is 0 Å². The van der Waals surface area contributed by atoms with Crippen LogP contribution >= 0.6 is 11.3 Å². The number of nitrogens with one attached hydrogen (secondary N) is 1. The molecule has 4 rings (SSSR count). The Morgan fingerprint density at radius 2 is 2.06 bits per heavy atom. The molecule has 0 fully saturated rings. The number of hydrogen-bond donors (Lipinski definition) is 1. The lowest BCUT2D eigenvalue weighted by atomic mass is 9.99. The van der Waals surface area contributed by atoms with Gasteiger partial charge in [0, 0.05) is 20.0 Å². The number of esters is 1. The molecular weight excluding hydrogens is 419 g/mol. The third kappa shape index (κ3) is 3.97. The Kier molecular flexibility index (Phi) is 5.62. The van der Waals surface area contributed by atoms with E-state index in [-0.39, 0.29) is 17.8 Å². The number of carbonyl (C=O) groups excluding carboxylic acids is 2. The first-order chi connectivity index (χ1) is 14.8. The van der Waals surface area contributed by atoms with Crippen LogP contribution in [0.5, 0.6) is 0 Å². The van der Waals surface area contributed by atoms with Crippen LogP contribution in [0.1, 0.15) is 51.6 Å². The van der Waals surface area contributed by atoms with Crippen molar-refractivity contribution in [3.8, 4) is 0 Å². The van der Waals surface area contributed by atoms with E-state index in [0.29, 0.717) is 40.9 Å². The van der Waals surface area contributed by atoms with E-state index in [9.17, 15) is 14.0 Å². The quantitative estimate of drug-likeness (QED) is 0.614. The molecule has 1 unspecified atom stereocenters. The second-order valence-corrected chi connectivity index (χ2v) is 8.62. The van der Waals surface area contributed by atoms with Crippen LogP contribution in [-0.2, 0) is 16.1 Å². The lowest BCUT2D eigenvalue weighted by Crippen LogP contribution is -2.28. The number of methoxy groups -OCH3 is 1. The minimum absolute atomic E-state index is 0.0486. The molecular formula is C22H23FN4O3S. The minimum atomic E-state index is -0.406. The number of nitrogens with zero attached hydrogens (tertiary/aromatic N) is 3. The summed E-state index contributed by atoms with van der Waals surface area (Å²) in [6, 6.07) is 4.50. The Morgan fingerprint density at radius 1 is 1.29 bits per heavy atom. The molecule has 0 aliphatic carbocycles. The van der Waals surface area contributed by atoms with Gasteiger partial charge in [-0.15, -0.1) is 11.3 Å². The highest BCUT2D eigenvalue weighted by Gasteiger charge is 2.27. The second-order valence-electron chi connectivity index (χ2n) is 7.62. The zero-order valence-electron chi connectivity index (χ0n) is 17.8. The molecule has 0 radical (unpaired) electrons. The van der Waals surface area contributed by atoms with Crippen LogP contribution in [0, 0.1) is 19.7 Å². The summed E-state index contributed by atoms with van der Waals surface area (Å²) in [6.45, 7) is 6.07. The molecule has 9 heteroatoms. The van der Waals surface area contributed by atoms with Gasteiger partial charge < -0.3 is 15.0 Å². The number of carbonyl (C=O) groups is 2. The van der Waals surface area contributed by atoms with Crippen LogP contribution in [0.2, 0.25) is 0 Å². The number of amides is 1. The summed E-state index contributed by atoms with van der Waals surface area (Å²) in [5, 5.41) is 4.26. The number of rotatable bonds is 3. The maximum Gasteiger partial charge on any atom is 0.348 e. The largest absolute Gasteiger partial charge is 0.465 e. The molecule has 162 valence electrons. The zero-order chi connectivity index (χ0) is 22.3. The first-order valence-corrected chi connectivity index (χ1v) is 10.8. The SMILES string of the molecule is COC(=O)c1sc2nc(C)nc(NC3CCN(C(C)=O)Cc4cc(F)ccc43)c2c1C. The van der Waals surface area contributed by atoms with Gasteiger partial charge in [-0.3, -0.25) is 4.79 Å². The lowest BCUT2D eigenvalue weighted by Gasteiger charge is -2.21. The van der Waals surface area contributed by atoms with Crippen molar-refractivity contribution in [3.63, 3.8) is 0 Å². The van der Waals surface area contributed by atoms with Crippen molar-refractivity contribution < 1.29 is 18.7 Å². The van der Waals surface area contributed by atoms with Gasteiger partial charge >= 0.3 is 5.97 Å². The maximum absolute atomic E-state index is 13.9. The van der Waals surface area contributed by atoms with Gasteiger partial charge in [-0.25, -0.2) is 19.2 Å². The molecule has 2 aromatic heterocycles. The van der Waals surface area contributed by atoms with E-state index in [1.54, 1.807) is 17.9 Å². The summed E-state index contributed by atoms with van der Waals surface area (Å²) < 4.78 is 18.9. The standard InChI is InChI=1S/C22H23FN4O3S/c1-11-18-20(24-12(2)25-21(18)31-19(11)22(29)30-4)26-17-7-8-27(13(3)28)10-14-9-15(23)5-6-16(14)17/h5-6,9,17H,7-8,10H2,1-4H3,(H,24,25,26). The fraction of sp³-hybridized carbons (Fsp3) is 0.364. The molecule has 0 saturated heterocycles. The Hall–Kier alpha value is -3.07. The molecule has 1 aliphatic rings. The number of aromatic nitrogens is 2. The highest BCUT2D eigenvalue weighted by Crippen LogP contribution is 2.37. The van der Waals surface area contributed by atoms with Crippen molar-refractivity contribution >= 4 is 39.2 Å². The molecule has 1 amide bonds. The fourth-order valence-corrected chi connectivity index (χ4v) is 5.14. The first-order valence-electron chi connectivity index (χ1n) is 9.95. The van der Waals surface area contributed by atoms with E-state index in [1.165, 1.54) is 37.5 Å². The van der Waals surface area contributed by atoms with Gasteiger partial charge in [0.25, 0.3) is 0 Å². The first kappa shape index (κ1) is 21.2.